The molecule has 3 heteroatoms. The van der Waals surface area contributed by atoms with Crippen LogP contribution in [-0.4, -0.2) is 5.75 Å². The summed E-state index contributed by atoms with van der Waals surface area (Å²) in [5.74, 6) is 0.816. The Morgan fingerprint density at radius 1 is 0.947 bits per heavy atom. The van der Waals surface area contributed by atoms with E-state index in [1.165, 1.54) is 57.4 Å². The van der Waals surface area contributed by atoms with Crippen molar-refractivity contribution < 1.29 is 4.39 Å². The van der Waals surface area contributed by atoms with Gasteiger partial charge in [-0.2, -0.15) is 0 Å². The summed E-state index contributed by atoms with van der Waals surface area (Å²) >= 11 is 1.70. The number of anilines is 1. The summed E-state index contributed by atoms with van der Waals surface area (Å²) in [7, 11) is 0. The van der Waals surface area contributed by atoms with E-state index in [1.807, 2.05) is 6.07 Å². The fourth-order valence-electron chi connectivity index (χ4n) is 2.09. The second-order valence-electron chi connectivity index (χ2n) is 5.04. The largest absolute Gasteiger partial charge is 0.399 e. The number of nitrogens with two attached hydrogens (primary N) is 1. The topological polar surface area (TPSA) is 26.0 Å². The fourth-order valence-corrected chi connectivity index (χ4v) is 3.09. The Labute approximate surface area is 121 Å². The Morgan fingerprint density at radius 3 is 2.21 bits per heavy atom. The van der Waals surface area contributed by atoms with Crippen molar-refractivity contribution in [1.29, 1.82) is 0 Å². The molecule has 0 saturated heterocycles. The van der Waals surface area contributed by atoms with Crippen LogP contribution < -0.4 is 5.73 Å². The Bertz CT molecular complexity index is 334. The highest BCUT2D eigenvalue weighted by Crippen LogP contribution is 2.23. The summed E-state index contributed by atoms with van der Waals surface area (Å²) in [4.78, 5) is 0.945. The number of rotatable bonds is 10. The zero-order valence-electron chi connectivity index (χ0n) is 12.0. The number of hydrogen-bond acceptors (Lipinski definition) is 2. The Kier molecular flexibility index (Phi) is 8.72. The van der Waals surface area contributed by atoms with Crippen molar-refractivity contribution in [1.82, 2.24) is 0 Å². The first-order chi connectivity index (χ1) is 9.22. The number of unbranched alkanes of at least 4 members (excludes halogenated alkanes) is 7. The van der Waals surface area contributed by atoms with Gasteiger partial charge in [0.1, 0.15) is 5.82 Å². The minimum absolute atomic E-state index is 0.238. The van der Waals surface area contributed by atoms with E-state index in [0.717, 1.165) is 10.6 Å². The molecule has 108 valence electrons. The lowest BCUT2D eigenvalue weighted by Gasteiger charge is -2.04. The molecule has 1 aromatic rings. The second kappa shape index (κ2) is 10.1. The van der Waals surface area contributed by atoms with Crippen LogP contribution in [0, 0.1) is 5.82 Å². The van der Waals surface area contributed by atoms with Gasteiger partial charge in [-0.3, -0.25) is 0 Å². The number of hydrogen-bond donors (Lipinski definition) is 1. The highest BCUT2D eigenvalue weighted by molar-refractivity contribution is 7.99. The fraction of sp³-hybridized carbons (Fsp3) is 0.625. The molecular weight excluding hydrogens is 257 g/mol. The summed E-state index contributed by atoms with van der Waals surface area (Å²) in [5, 5.41) is 0. The van der Waals surface area contributed by atoms with E-state index < -0.39 is 0 Å². The molecule has 0 radical (unpaired) electrons. The molecule has 0 spiro atoms. The molecule has 19 heavy (non-hydrogen) atoms. The molecule has 0 aliphatic carbocycles. The lowest BCUT2D eigenvalue weighted by Crippen LogP contribution is -1.88. The van der Waals surface area contributed by atoms with Crippen LogP contribution in [0.3, 0.4) is 0 Å². The number of thioether (sulfide) groups is 1. The smallest absolute Gasteiger partial charge is 0.126 e. The van der Waals surface area contributed by atoms with Gasteiger partial charge < -0.3 is 5.73 Å². The average molecular weight is 283 g/mol. The minimum Gasteiger partial charge on any atom is -0.399 e. The molecule has 1 nitrogen and oxygen atoms in total. The van der Waals surface area contributed by atoms with Crippen LogP contribution in [-0.2, 0) is 0 Å². The third-order valence-corrected chi connectivity index (χ3v) is 4.22. The van der Waals surface area contributed by atoms with Gasteiger partial charge in [-0.05, 0) is 30.4 Å². The van der Waals surface area contributed by atoms with Crippen LogP contribution in [0.5, 0.6) is 0 Å². The molecule has 0 fully saturated rings. The number of benzene rings is 1. The molecule has 2 N–H and O–H groups in total. The van der Waals surface area contributed by atoms with Crippen LogP contribution >= 0.6 is 11.8 Å². The van der Waals surface area contributed by atoms with Gasteiger partial charge in [0.05, 0.1) is 0 Å². The van der Waals surface area contributed by atoms with Gasteiger partial charge in [0.25, 0.3) is 0 Å². The predicted octanol–water partition coefficient (Wildman–Crippen LogP) is 5.64. The van der Waals surface area contributed by atoms with Gasteiger partial charge in [-0.1, -0.05) is 51.9 Å². The van der Waals surface area contributed by atoms with E-state index in [1.54, 1.807) is 17.8 Å². The highest BCUT2D eigenvalue weighted by atomic mass is 32.2. The quantitative estimate of drug-likeness (QED) is 0.341. The average Bonchev–Trinajstić information content (AvgIpc) is 2.36. The van der Waals surface area contributed by atoms with Crippen molar-refractivity contribution in [3.63, 3.8) is 0 Å². The van der Waals surface area contributed by atoms with E-state index >= 15 is 0 Å². The molecule has 0 aliphatic heterocycles. The molecule has 0 atom stereocenters. The van der Waals surface area contributed by atoms with Crippen LogP contribution in [0.4, 0.5) is 10.1 Å². The van der Waals surface area contributed by atoms with E-state index in [0.29, 0.717) is 5.69 Å². The molecule has 0 aromatic heterocycles. The predicted molar refractivity (Wildman–Crippen MR) is 84.1 cm³/mol. The van der Waals surface area contributed by atoms with Crippen molar-refractivity contribution >= 4 is 17.4 Å². The lowest BCUT2D eigenvalue weighted by molar-refractivity contribution is 0.586. The van der Waals surface area contributed by atoms with E-state index in [2.05, 4.69) is 6.92 Å². The second-order valence-corrected chi connectivity index (χ2v) is 6.21. The molecule has 0 saturated carbocycles. The van der Waals surface area contributed by atoms with Crippen LogP contribution in [0.15, 0.2) is 23.1 Å². The van der Waals surface area contributed by atoms with Crippen molar-refractivity contribution in [2.24, 2.45) is 0 Å². The number of nitrogen functional groups attached to an aromatic ring is 1. The monoisotopic (exact) mass is 283 g/mol. The molecule has 1 aromatic carbocycles. The minimum atomic E-state index is -0.238. The van der Waals surface area contributed by atoms with Crippen molar-refractivity contribution in [3.8, 4) is 0 Å². The summed E-state index contributed by atoms with van der Waals surface area (Å²) in [5.41, 5.74) is 6.13. The van der Waals surface area contributed by atoms with Crippen LogP contribution in [0.25, 0.3) is 0 Å². The van der Waals surface area contributed by atoms with Gasteiger partial charge in [0.2, 0.25) is 0 Å². The molecule has 0 amide bonds. The first-order valence-corrected chi connectivity index (χ1v) is 8.40. The third kappa shape index (κ3) is 8.14. The van der Waals surface area contributed by atoms with Gasteiger partial charge in [0, 0.05) is 10.6 Å². The Balaban J connectivity index is 2.01. The standard InChI is InChI=1S/C16H26FNS/c1-2-3-4-5-6-7-8-9-10-19-16-12-14(17)11-15(18)13-16/h11-13H,2-10,18H2,1H3. The first kappa shape index (κ1) is 16.4. The van der Waals surface area contributed by atoms with E-state index in [9.17, 15) is 4.39 Å². The van der Waals surface area contributed by atoms with Crippen molar-refractivity contribution in [2.75, 3.05) is 11.5 Å². The molecule has 0 aliphatic rings. The molecule has 0 unspecified atom stereocenters. The normalized spacial score (nSPS) is 10.8. The maximum absolute atomic E-state index is 13.1. The van der Waals surface area contributed by atoms with E-state index in [4.69, 9.17) is 5.73 Å². The maximum atomic E-state index is 13.1. The van der Waals surface area contributed by atoms with Gasteiger partial charge in [-0.25, -0.2) is 4.39 Å². The Morgan fingerprint density at radius 2 is 1.58 bits per heavy atom. The summed E-state index contributed by atoms with van der Waals surface area (Å²) in [6.07, 6.45) is 10.6. The summed E-state index contributed by atoms with van der Waals surface area (Å²) < 4.78 is 13.1. The first-order valence-electron chi connectivity index (χ1n) is 7.41. The molecule has 1 rings (SSSR count). The van der Waals surface area contributed by atoms with Crippen molar-refractivity contribution in [2.45, 2.75) is 63.2 Å². The lowest BCUT2D eigenvalue weighted by atomic mass is 10.1. The van der Waals surface area contributed by atoms with E-state index in [-0.39, 0.29) is 5.82 Å². The Hall–Kier alpha value is -0.700. The zero-order chi connectivity index (χ0) is 13.9. The summed E-state index contributed by atoms with van der Waals surface area (Å²) in [6.45, 7) is 2.25. The summed E-state index contributed by atoms with van der Waals surface area (Å²) in [6, 6.07) is 4.77. The van der Waals surface area contributed by atoms with Gasteiger partial charge >= 0.3 is 0 Å². The van der Waals surface area contributed by atoms with Gasteiger partial charge in [0.15, 0.2) is 0 Å². The molecule has 0 bridgehead atoms. The molecule has 0 heterocycles. The van der Waals surface area contributed by atoms with Crippen molar-refractivity contribution in [3.05, 3.63) is 24.0 Å². The highest BCUT2D eigenvalue weighted by Gasteiger charge is 1.99. The SMILES string of the molecule is CCCCCCCCCCSc1cc(N)cc(F)c1. The van der Waals surface area contributed by atoms with Crippen LogP contribution in [0.1, 0.15) is 58.3 Å². The molecular formula is C16H26FNS. The third-order valence-electron chi connectivity index (χ3n) is 3.16. The number of halogens is 1. The van der Waals surface area contributed by atoms with Gasteiger partial charge in [-0.15, -0.1) is 11.8 Å². The zero-order valence-corrected chi connectivity index (χ0v) is 12.8. The maximum Gasteiger partial charge on any atom is 0.126 e. The van der Waals surface area contributed by atoms with Crippen LogP contribution in [0.2, 0.25) is 0 Å².